The fourth-order valence-electron chi connectivity index (χ4n) is 0.913. The van der Waals surface area contributed by atoms with Crippen molar-refractivity contribution in [2.45, 2.75) is 20.8 Å². The molecule has 0 rings (SSSR count). The van der Waals surface area contributed by atoms with E-state index in [9.17, 15) is 14.1 Å². The molecule has 1 unspecified atom stereocenters. The lowest BCUT2D eigenvalue weighted by Crippen LogP contribution is -2.28. The van der Waals surface area contributed by atoms with Crippen molar-refractivity contribution in [2.75, 3.05) is 18.8 Å². The molecule has 0 aromatic heterocycles. The highest BCUT2D eigenvalue weighted by molar-refractivity contribution is 8.13. The number of rotatable bonds is 5. The summed E-state index contributed by atoms with van der Waals surface area (Å²) in [4.78, 5) is 26.9. The van der Waals surface area contributed by atoms with Crippen LogP contribution < -0.4 is 0 Å². The molecule has 0 aromatic carbocycles. The fourth-order valence-corrected chi connectivity index (χ4v) is 1.88. The highest BCUT2D eigenvalue weighted by atomic mass is 32.2. The van der Waals surface area contributed by atoms with Gasteiger partial charge in [-0.1, -0.05) is 18.7 Å². The number of thioether (sulfide) groups is 1. The molecule has 0 bridgehead atoms. The number of halogens is 1. The average molecular weight is 237 g/mol. The number of hydrogen-bond acceptors (Lipinski definition) is 4. The Balaban J connectivity index is 3.94. The van der Waals surface area contributed by atoms with Crippen LogP contribution in [-0.4, -0.2) is 35.0 Å². The summed E-state index contributed by atoms with van der Waals surface area (Å²) < 4.78 is 11.5. The topological polar surface area (TPSA) is 46.6 Å². The first kappa shape index (κ1) is 14.2. The van der Waals surface area contributed by atoms with Gasteiger partial charge in [0.1, 0.15) is 0 Å². The van der Waals surface area contributed by atoms with Crippen LogP contribution in [0, 0.1) is 5.92 Å². The second kappa shape index (κ2) is 7.50. The predicted molar refractivity (Wildman–Crippen MR) is 57.1 cm³/mol. The van der Waals surface area contributed by atoms with E-state index in [0.29, 0.717) is 13.1 Å². The molecule has 0 N–H and O–H groups in total. The van der Waals surface area contributed by atoms with Crippen LogP contribution in [0.15, 0.2) is 0 Å². The molecule has 0 spiro atoms. The molecule has 4 nitrogen and oxygen atoms in total. The summed E-state index contributed by atoms with van der Waals surface area (Å²) >= 11 is 1.00. The molecule has 0 fully saturated rings. The third kappa shape index (κ3) is 5.01. The first-order valence-corrected chi connectivity index (χ1v) is 5.79. The lowest BCUT2D eigenvalue weighted by Gasteiger charge is -2.18. The zero-order valence-electron chi connectivity index (χ0n) is 9.16. The van der Waals surface area contributed by atoms with Crippen molar-refractivity contribution in [3.63, 3.8) is 0 Å². The summed E-state index contributed by atoms with van der Waals surface area (Å²) in [6, 6.07) is 0. The van der Waals surface area contributed by atoms with Crippen molar-refractivity contribution in [1.29, 1.82) is 0 Å². The minimum atomic E-state index is -0.935. The maximum Gasteiger partial charge on any atom is 0.352 e. The van der Waals surface area contributed by atoms with Crippen LogP contribution in [0.25, 0.3) is 0 Å². The van der Waals surface area contributed by atoms with Crippen molar-refractivity contribution in [2.24, 2.45) is 5.92 Å². The van der Waals surface area contributed by atoms with E-state index < -0.39 is 11.9 Å². The third-order valence-electron chi connectivity index (χ3n) is 1.96. The number of nitrogens with zero attached hydrogens (tertiary/aromatic N) is 1. The van der Waals surface area contributed by atoms with Crippen molar-refractivity contribution in [1.82, 2.24) is 4.90 Å². The van der Waals surface area contributed by atoms with E-state index in [2.05, 4.69) is 4.94 Å². The van der Waals surface area contributed by atoms with Gasteiger partial charge in [0.25, 0.3) is 5.24 Å². The number of amides is 1. The molecule has 6 heteroatoms. The van der Waals surface area contributed by atoms with E-state index in [1.54, 1.807) is 4.90 Å². The summed E-state index contributed by atoms with van der Waals surface area (Å²) in [6.45, 7) is 6.53. The fraction of sp³-hybridized carbons (Fsp3) is 0.778. The molecule has 0 aliphatic carbocycles. The molecular weight excluding hydrogens is 221 g/mol. The number of carbonyl (C=O) groups is 2. The molecule has 1 amide bonds. The molecule has 0 aromatic rings. The quantitative estimate of drug-likeness (QED) is 0.735. The zero-order valence-corrected chi connectivity index (χ0v) is 9.97. The second-order valence-corrected chi connectivity index (χ2v) is 4.02. The minimum absolute atomic E-state index is 0.0986. The Bertz CT molecular complexity index is 221. The highest BCUT2D eigenvalue weighted by Crippen LogP contribution is 2.14. The van der Waals surface area contributed by atoms with Crippen LogP contribution in [0.3, 0.4) is 0 Å². The molecule has 0 aliphatic heterocycles. The van der Waals surface area contributed by atoms with Gasteiger partial charge in [-0.15, -0.1) is 0 Å². The highest BCUT2D eigenvalue weighted by Gasteiger charge is 2.18. The van der Waals surface area contributed by atoms with Gasteiger partial charge in [0, 0.05) is 23.4 Å². The van der Waals surface area contributed by atoms with E-state index in [4.69, 9.17) is 0 Å². The van der Waals surface area contributed by atoms with E-state index in [1.165, 1.54) is 6.92 Å². The van der Waals surface area contributed by atoms with Crippen LogP contribution in [0.5, 0.6) is 0 Å². The molecule has 1 atom stereocenters. The van der Waals surface area contributed by atoms with Crippen LogP contribution >= 0.6 is 11.8 Å². The Hall–Kier alpha value is -0.780. The lowest BCUT2D eigenvalue weighted by atomic mass is 10.2. The van der Waals surface area contributed by atoms with Crippen molar-refractivity contribution in [3.05, 3.63) is 0 Å². The smallest absolute Gasteiger partial charge is 0.334 e. The first-order valence-electron chi connectivity index (χ1n) is 4.80. The Morgan fingerprint density at radius 3 is 2.33 bits per heavy atom. The van der Waals surface area contributed by atoms with E-state index in [0.717, 1.165) is 11.8 Å². The average Bonchev–Trinajstić information content (AvgIpc) is 2.26. The van der Waals surface area contributed by atoms with E-state index in [1.807, 2.05) is 13.8 Å². The minimum Gasteiger partial charge on any atom is -0.334 e. The van der Waals surface area contributed by atoms with E-state index in [-0.39, 0.29) is 11.0 Å². The summed E-state index contributed by atoms with van der Waals surface area (Å²) in [5, 5.41) is -0.0986. The van der Waals surface area contributed by atoms with Gasteiger partial charge in [-0.2, -0.15) is 0 Å². The van der Waals surface area contributed by atoms with Gasteiger partial charge in [0.05, 0.1) is 5.92 Å². The van der Waals surface area contributed by atoms with Gasteiger partial charge >= 0.3 is 5.97 Å². The molecule has 15 heavy (non-hydrogen) atoms. The van der Waals surface area contributed by atoms with Crippen LogP contribution in [-0.2, 0) is 9.74 Å². The predicted octanol–water partition coefficient (Wildman–Crippen LogP) is 2.25. The molecule has 0 saturated heterocycles. The van der Waals surface area contributed by atoms with Crippen molar-refractivity contribution < 1.29 is 19.1 Å². The second-order valence-electron chi connectivity index (χ2n) is 3.05. The standard InChI is InChI=1S/C9H16FNO3S/c1-4-11(5-2)9(13)15-6-7(3)8(12)14-10/h7H,4-6H2,1-3H3. The summed E-state index contributed by atoms with van der Waals surface area (Å²) in [5.74, 6) is -1.31. The molecule has 88 valence electrons. The van der Waals surface area contributed by atoms with Gasteiger partial charge in [0.2, 0.25) is 0 Å². The monoisotopic (exact) mass is 237 g/mol. The van der Waals surface area contributed by atoms with Crippen LogP contribution in [0.4, 0.5) is 9.32 Å². The molecule has 0 saturated carbocycles. The number of carbonyl (C=O) groups excluding carboxylic acids is 2. The third-order valence-corrected chi connectivity index (χ3v) is 3.13. The molecular formula is C9H16FNO3S. The van der Waals surface area contributed by atoms with Gasteiger partial charge in [0.15, 0.2) is 0 Å². The van der Waals surface area contributed by atoms with Crippen molar-refractivity contribution >= 4 is 23.0 Å². The van der Waals surface area contributed by atoms with E-state index >= 15 is 0 Å². The SMILES string of the molecule is CCN(CC)C(=O)SCC(C)C(=O)OF. The Labute approximate surface area is 93.0 Å². The summed E-state index contributed by atoms with van der Waals surface area (Å²) in [7, 11) is 0. The normalized spacial score (nSPS) is 12.0. The van der Waals surface area contributed by atoms with Gasteiger partial charge in [-0.05, 0) is 13.8 Å². The van der Waals surface area contributed by atoms with Crippen LogP contribution in [0.2, 0.25) is 0 Å². The lowest BCUT2D eigenvalue weighted by molar-refractivity contribution is -0.187. The number of hydrogen-bond donors (Lipinski definition) is 0. The Morgan fingerprint density at radius 1 is 1.40 bits per heavy atom. The van der Waals surface area contributed by atoms with Crippen molar-refractivity contribution in [3.8, 4) is 0 Å². The summed E-state index contributed by atoms with van der Waals surface area (Å²) in [6.07, 6.45) is 0. The molecule has 0 heterocycles. The largest absolute Gasteiger partial charge is 0.352 e. The van der Waals surface area contributed by atoms with Gasteiger partial charge in [-0.3, -0.25) is 9.74 Å². The summed E-state index contributed by atoms with van der Waals surface area (Å²) in [5.41, 5.74) is 0. The van der Waals surface area contributed by atoms with Crippen LogP contribution in [0.1, 0.15) is 20.8 Å². The first-order chi connectivity index (χ1) is 7.06. The maximum atomic E-state index is 11.5. The van der Waals surface area contributed by atoms with Gasteiger partial charge in [-0.25, -0.2) is 4.79 Å². The molecule has 0 aliphatic rings. The Morgan fingerprint density at radius 2 is 1.93 bits per heavy atom. The maximum absolute atomic E-state index is 11.5. The zero-order chi connectivity index (χ0) is 11.8. The van der Waals surface area contributed by atoms with Gasteiger partial charge < -0.3 is 4.90 Å². The molecule has 0 radical (unpaired) electrons. The Kier molecular flexibility index (Phi) is 7.11.